The van der Waals surface area contributed by atoms with Crippen LogP contribution in [0, 0.1) is 11.8 Å². The van der Waals surface area contributed by atoms with E-state index in [1.807, 2.05) is 0 Å². The van der Waals surface area contributed by atoms with Gasteiger partial charge >= 0.3 is 0 Å². The van der Waals surface area contributed by atoms with E-state index in [0.29, 0.717) is 0 Å². The largest absolute Gasteiger partial charge is 0.330 e. The van der Waals surface area contributed by atoms with Crippen LogP contribution in [0.3, 0.4) is 0 Å². The van der Waals surface area contributed by atoms with Crippen molar-refractivity contribution in [1.82, 2.24) is 5.32 Å². The lowest BCUT2D eigenvalue weighted by molar-refractivity contribution is 0.465. The monoisotopic (exact) mass is 212 g/mol. The summed E-state index contributed by atoms with van der Waals surface area (Å²) in [5, 5.41) is 3.53. The van der Waals surface area contributed by atoms with Crippen LogP contribution in [0.1, 0.15) is 51.9 Å². The number of nitrogens with two attached hydrogens (primary N) is 1. The smallest absolute Gasteiger partial charge is 0.00488 e. The Kier molecular flexibility index (Phi) is 7.03. The van der Waals surface area contributed by atoms with Gasteiger partial charge in [-0.1, -0.05) is 19.8 Å². The third-order valence-electron chi connectivity index (χ3n) is 3.37. The van der Waals surface area contributed by atoms with Crippen LogP contribution in [-0.4, -0.2) is 19.6 Å². The molecule has 1 saturated carbocycles. The molecular weight excluding hydrogens is 184 g/mol. The quantitative estimate of drug-likeness (QED) is 0.546. The molecule has 2 nitrogen and oxygen atoms in total. The van der Waals surface area contributed by atoms with Crippen molar-refractivity contribution in [2.24, 2.45) is 17.6 Å². The summed E-state index contributed by atoms with van der Waals surface area (Å²) in [5.41, 5.74) is 5.52. The molecule has 0 aromatic rings. The minimum absolute atomic E-state index is 0.809. The first-order chi connectivity index (χ1) is 7.33. The van der Waals surface area contributed by atoms with Gasteiger partial charge in [-0.25, -0.2) is 0 Å². The first-order valence-electron chi connectivity index (χ1n) is 6.73. The van der Waals surface area contributed by atoms with Gasteiger partial charge in [0.1, 0.15) is 0 Å². The molecule has 0 spiro atoms. The summed E-state index contributed by atoms with van der Waals surface area (Å²) in [5.74, 6) is 1.90. The highest BCUT2D eigenvalue weighted by molar-refractivity contribution is 4.72. The first kappa shape index (κ1) is 13.0. The Morgan fingerprint density at radius 2 is 1.93 bits per heavy atom. The van der Waals surface area contributed by atoms with Crippen molar-refractivity contribution >= 4 is 0 Å². The molecule has 90 valence electrons. The molecule has 15 heavy (non-hydrogen) atoms. The minimum Gasteiger partial charge on any atom is -0.330 e. The lowest BCUT2D eigenvalue weighted by atomic mass is 10.0. The lowest BCUT2D eigenvalue weighted by Gasteiger charge is -2.09. The molecule has 3 N–H and O–H groups in total. The third-order valence-corrected chi connectivity index (χ3v) is 3.37. The van der Waals surface area contributed by atoms with E-state index in [0.717, 1.165) is 18.4 Å². The summed E-state index contributed by atoms with van der Waals surface area (Å²) >= 11 is 0. The summed E-state index contributed by atoms with van der Waals surface area (Å²) in [6.45, 7) is 5.57. The van der Waals surface area contributed by atoms with Crippen molar-refractivity contribution in [1.29, 1.82) is 0 Å². The predicted octanol–water partition coefficient (Wildman–Crippen LogP) is 2.53. The summed E-state index contributed by atoms with van der Waals surface area (Å²) in [7, 11) is 0. The van der Waals surface area contributed by atoms with E-state index in [4.69, 9.17) is 5.73 Å². The van der Waals surface area contributed by atoms with Crippen LogP contribution in [0.4, 0.5) is 0 Å². The highest BCUT2D eigenvalue weighted by Crippen LogP contribution is 2.33. The average molecular weight is 212 g/mol. The van der Waals surface area contributed by atoms with E-state index >= 15 is 0 Å². The molecule has 0 aromatic heterocycles. The number of rotatable bonds is 10. The first-order valence-corrected chi connectivity index (χ1v) is 6.73. The van der Waals surface area contributed by atoms with Crippen LogP contribution < -0.4 is 11.1 Å². The van der Waals surface area contributed by atoms with Gasteiger partial charge in [0.2, 0.25) is 0 Å². The SMILES string of the molecule is CC(CCN)CCCNCCCC1CC1. The van der Waals surface area contributed by atoms with Crippen molar-refractivity contribution in [2.75, 3.05) is 19.6 Å². The number of nitrogens with one attached hydrogen (secondary N) is 1. The molecule has 1 atom stereocenters. The predicted molar refractivity (Wildman–Crippen MR) is 66.9 cm³/mol. The molecule has 0 amide bonds. The molecule has 1 aliphatic rings. The molecule has 1 aliphatic carbocycles. The molecule has 1 rings (SSSR count). The lowest BCUT2D eigenvalue weighted by Crippen LogP contribution is -2.17. The van der Waals surface area contributed by atoms with Crippen molar-refractivity contribution in [2.45, 2.75) is 51.9 Å². The Hall–Kier alpha value is -0.0800. The van der Waals surface area contributed by atoms with Gasteiger partial charge < -0.3 is 11.1 Å². The van der Waals surface area contributed by atoms with Crippen molar-refractivity contribution in [3.63, 3.8) is 0 Å². The highest BCUT2D eigenvalue weighted by Gasteiger charge is 2.19. The molecule has 1 fully saturated rings. The third kappa shape index (κ3) is 7.80. The van der Waals surface area contributed by atoms with Crippen LogP contribution in [0.2, 0.25) is 0 Å². The van der Waals surface area contributed by atoms with Crippen LogP contribution in [-0.2, 0) is 0 Å². The van der Waals surface area contributed by atoms with Gasteiger partial charge in [0.05, 0.1) is 0 Å². The van der Waals surface area contributed by atoms with E-state index < -0.39 is 0 Å². The maximum absolute atomic E-state index is 5.52. The Balaban J connectivity index is 1.72. The summed E-state index contributed by atoms with van der Waals surface area (Å²) in [6, 6.07) is 0. The maximum atomic E-state index is 5.52. The molecule has 0 bridgehead atoms. The Morgan fingerprint density at radius 1 is 1.20 bits per heavy atom. The van der Waals surface area contributed by atoms with Gasteiger partial charge in [0, 0.05) is 0 Å². The molecule has 0 aliphatic heterocycles. The molecule has 0 radical (unpaired) electrons. The highest BCUT2D eigenvalue weighted by atomic mass is 14.8. The Morgan fingerprint density at radius 3 is 2.60 bits per heavy atom. The topological polar surface area (TPSA) is 38.0 Å². The Labute approximate surface area is 95.0 Å². The Bertz CT molecular complexity index is 143. The molecule has 0 heterocycles. The fourth-order valence-corrected chi connectivity index (χ4v) is 2.05. The number of hydrogen-bond donors (Lipinski definition) is 2. The van der Waals surface area contributed by atoms with Crippen LogP contribution >= 0.6 is 0 Å². The van der Waals surface area contributed by atoms with Crippen molar-refractivity contribution in [3.8, 4) is 0 Å². The number of hydrogen-bond acceptors (Lipinski definition) is 2. The average Bonchev–Trinajstić information content (AvgIpc) is 3.00. The van der Waals surface area contributed by atoms with E-state index in [9.17, 15) is 0 Å². The zero-order valence-electron chi connectivity index (χ0n) is 10.3. The van der Waals surface area contributed by atoms with Gasteiger partial charge in [-0.3, -0.25) is 0 Å². The van der Waals surface area contributed by atoms with E-state index in [1.54, 1.807) is 0 Å². The molecule has 2 heteroatoms. The zero-order chi connectivity index (χ0) is 10.9. The maximum Gasteiger partial charge on any atom is -0.00488 e. The molecular formula is C13H28N2. The van der Waals surface area contributed by atoms with Crippen molar-refractivity contribution in [3.05, 3.63) is 0 Å². The second kappa shape index (κ2) is 8.12. The molecule has 0 aromatic carbocycles. The fraction of sp³-hybridized carbons (Fsp3) is 1.00. The van der Waals surface area contributed by atoms with Crippen LogP contribution in [0.5, 0.6) is 0 Å². The van der Waals surface area contributed by atoms with Gasteiger partial charge in [-0.05, 0) is 63.6 Å². The zero-order valence-corrected chi connectivity index (χ0v) is 10.3. The molecule has 1 unspecified atom stereocenters. The van der Waals surface area contributed by atoms with Crippen molar-refractivity contribution < 1.29 is 0 Å². The fourth-order valence-electron chi connectivity index (χ4n) is 2.05. The van der Waals surface area contributed by atoms with E-state index in [1.165, 1.54) is 58.0 Å². The van der Waals surface area contributed by atoms with Gasteiger partial charge in [0.25, 0.3) is 0 Å². The second-order valence-electron chi connectivity index (χ2n) is 5.16. The summed E-state index contributed by atoms with van der Waals surface area (Å²) < 4.78 is 0. The normalized spacial score (nSPS) is 18.0. The van der Waals surface area contributed by atoms with Gasteiger partial charge in [-0.15, -0.1) is 0 Å². The van der Waals surface area contributed by atoms with Crippen LogP contribution in [0.25, 0.3) is 0 Å². The van der Waals surface area contributed by atoms with E-state index in [-0.39, 0.29) is 0 Å². The second-order valence-corrected chi connectivity index (χ2v) is 5.16. The standard InChI is InChI=1S/C13H28N2/c1-12(8-9-14)4-2-10-15-11-3-5-13-6-7-13/h12-13,15H,2-11,14H2,1H3. The van der Waals surface area contributed by atoms with Gasteiger partial charge in [-0.2, -0.15) is 0 Å². The minimum atomic E-state index is 0.809. The molecule has 0 saturated heterocycles. The van der Waals surface area contributed by atoms with E-state index in [2.05, 4.69) is 12.2 Å². The summed E-state index contributed by atoms with van der Waals surface area (Å²) in [4.78, 5) is 0. The van der Waals surface area contributed by atoms with Crippen LogP contribution in [0.15, 0.2) is 0 Å². The van der Waals surface area contributed by atoms with Gasteiger partial charge in [0.15, 0.2) is 0 Å². The summed E-state index contributed by atoms with van der Waals surface area (Å²) in [6.07, 6.45) is 9.64.